The highest BCUT2D eigenvalue weighted by molar-refractivity contribution is 5.85. The van der Waals surface area contributed by atoms with Crippen molar-refractivity contribution in [3.05, 3.63) is 29.3 Å². The Hall–Kier alpha value is -1.02. The van der Waals surface area contributed by atoms with Gasteiger partial charge in [0.15, 0.2) is 0 Å². The van der Waals surface area contributed by atoms with Gasteiger partial charge in [-0.05, 0) is 42.9 Å². The van der Waals surface area contributed by atoms with Crippen LogP contribution in [0.3, 0.4) is 0 Å². The molecule has 1 rings (SSSR count). The summed E-state index contributed by atoms with van der Waals surface area (Å²) in [6.45, 7) is 3.66. The van der Waals surface area contributed by atoms with E-state index < -0.39 is 30.5 Å². The molecule has 8 heteroatoms. The van der Waals surface area contributed by atoms with E-state index in [1.165, 1.54) is 6.07 Å². The highest BCUT2D eigenvalue weighted by Gasteiger charge is 2.35. The van der Waals surface area contributed by atoms with Crippen LogP contribution in [-0.4, -0.2) is 35.6 Å². The van der Waals surface area contributed by atoms with Crippen LogP contribution in [0.2, 0.25) is 0 Å². The molecule has 0 heterocycles. The van der Waals surface area contributed by atoms with Crippen molar-refractivity contribution in [1.29, 1.82) is 0 Å². The van der Waals surface area contributed by atoms with Crippen LogP contribution in [-0.2, 0) is 12.6 Å². The zero-order valence-corrected chi connectivity index (χ0v) is 17.4. The second kappa shape index (κ2) is 12.5. The van der Waals surface area contributed by atoms with E-state index in [2.05, 4.69) is 13.8 Å². The SMILES string of the molecule is CC(C)CCCCCOc1ccc(CCC(N)(CO)CO)cc1C(F)(F)F.Cl. The Morgan fingerprint density at radius 2 is 1.71 bits per heavy atom. The molecule has 1 aromatic rings. The van der Waals surface area contributed by atoms with Gasteiger partial charge >= 0.3 is 6.18 Å². The largest absolute Gasteiger partial charge is 0.493 e. The third-order valence-electron chi connectivity index (χ3n) is 4.57. The van der Waals surface area contributed by atoms with E-state index in [4.69, 9.17) is 10.5 Å². The van der Waals surface area contributed by atoms with Crippen LogP contribution in [0.5, 0.6) is 5.75 Å². The molecular formula is C20H33ClF3NO3. The van der Waals surface area contributed by atoms with Crippen LogP contribution in [0, 0.1) is 5.92 Å². The first-order valence-corrected chi connectivity index (χ1v) is 9.45. The number of rotatable bonds is 12. The van der Waals surface area contributed by atoms with Gasteiger partial charge in [-0.15, -0.1) is 12.4 Å². The first-order valence-electron chi connectivity index (χ1n) is 9.45. The number of aryl methyl sites for hydroxylation is 1. The molecule has 0 amide bonds. The van der Waals surface area contributed by atoms with E-state index in [1.807, 2.05) is 0 Å². The fraction of sp³-hybridized carbons (Fsp3) is 0.700. The predicted octanol–water partition coefficient (Wildman–Crippen LogP) is 4.34. The highest BCUT2D eigenvalue weighted by Crippen LogP contribution is 2.37. The van der Waals surface area contributed by atoms with Crippen LogP contribution in [0.4, 0.5) is 13.2 Å². The van der Waals surface area contributed by atoms with Crippen LogP contribution in [0.1, 0.15) is 57.1 Å². The molecule has 0 fully saturated rings. The molecule has 0 atom stereocenters. The number of nitrogens with two attached hydrogens (primary N) is 1. The number of ether oxygens (including phenoxy) is 1. The van der Waals surface area contributed by atoms with Gasteiger partial charge in [-0.3, -0.25) is 0 Å². The molecule has 0 aliphatic heterocycles. The molecule has 4 N–H and O–H groups in total. The van der Waals surface area contributed by atoms with Gasteiger partial charge < -0.3 is 20.7 Å². The molecule has 4 nitrogen and oxygen atoms in total. The summed E-state index contributed by atoms with van der Waals surface area (Å²) in [5, 5.41) is 18.4. The standard InChI is InChI=1S/C20H32F3NO3.ClH/c1-15(2)6-4-3-5-11-27-18-8-7-16(12-17(18)20(21,22)23)9-10-19(24,13-25)14-26;/h7-8,12,15,25-26H,3-6,9-11,13-14,24H2,1-2H3;1H. The Morgan fingerprint density at radius 1 is 1.07 bits per heavy atom. The van der Waals surface area contributed by atoms with E-state index in [9.17, 15) is 23.4 Å². The topological polar surface area (TPSA) is 75.7 Å². The summed E-state index contributed by atoms with van der Waals surface area (Å²) in [7, 11) is 0. The monoisotopic (exact) mass is 427 g/mol. The molecule has 1 aromatic carbocycles. The number of hydrogen-bond acceptors (Lipinski definition) is 4. The average molecular weight is 428 g/mol. The number of alkyl halides is 3. The normalized spacial score (nSPS) is 12.2. The Morgan fingerprint density at radius 3 is 2.25 bits per heavy atom. The summed E-state index contributed by atoms with van der Waals surface area (Å²) in [5.74, 6) is 0.456. The van der Waals surface area contributed by atoms with E-state index >= 15 is 0 Å². The molecule has 0 saturated carbocycles. The smallest absolute Gasteiger partial charge is 0.419 e. The van der Waals surface area contributed by atoms with Crippen LogP contribution in [0.25, 0.3) is 0 Å². The lowest BCUT2D eigenvalue weighted by atomic mass is 9.93. The van der Waals surface area contributed by atoms with E-state index in [1.54, 1.807) is 6.07 Å². The van der Waals surface area contributed by atoms with Crippen molar-refractivity contribution in [2.24, 2.45) is 11.7 Å². The molecule has 0 spiro atoms. The molecule has 0 aliphatic carbocycles. The van der Waals surface area contributed by atoms with Crippen molar-refractivity contribution in [3.8, 4) is 5.75 Å². The van der Waals surface area contributed by atoms with Gasteiger partial charge in [0.1, 0.15) is 5.75 Å². The van der Waals surface area contributed by atoms with Crippen molar-refractivity contribution < 1.29 is 28.1 Å². The van der Waals surface area contributed by atoms with Gasteiger partial charge in [-0.2, -0.15) is 13.2 Å². The molecule has 0 radical (unpaired) electrons. The van der Waals surface area contributed by atoms with Gasteiger partial charge in [0, 0.05) is 0 Å². The van der Waals surface area contributed by atoms with Crippen LogP contribution >= 0.6 is 12.4 Å². The van der Waals surface area contributed by atoms with Crippen molar-refractivity contribution in [3.63, 3.8) is 0 Å². The Balaban J connectivity index is 0.00000729. The molecule has 0 aliphatic rings. The van der Waals surface area contributed by atoms with Crippen LogP contribution in [0.15, 0.2) is 18.2 Å². The van der Waals surface area contributed by atoms with Crippen LogP contribution < -0.4 is 10.5 Å². The molecule has 0 bridgehead atoms. The van der Waals surface area contributed by atoms with Gasteiger partial charge in [0.2, 0.25) is 0 Å². The van der Waals surface area contributed by atoms with E-state index in [-0.39, 0.29) is 37.6 Å². The number of benzene rings is 1. The average Bonchev–Trinajstić information content (AvgIpc) is 2.62. The van der Waals surface area contributed by atoms with Crippen molar-refractivity contribution in [1.82, 2.24) is 0 Å². The summed E-state index contributed by atoms with van der Waals surface area (Å²) in [6, 6.07) is 3.96. The summed E-state index contributed by atoms with van der Waals surface area (Å²) in [5.41, 5.74) is 4.20. The first-order chi connectivity index (χ1) is 12.6. The summed E-state index contributed by atoms with van der Waals surface area (Å²) in [4.78, 5) is 0. The number of hydrogen-bond donors (Lipinski definition) is 3. The van der Waals surface area contributed by atoms with Gasteiger partial charge in [-0.25, -0.2) is 0 Å². The predicted molar refractivity (Wildman–Crippen MR) is 107 cm³/mol. The second-order valence-corrected chi connectivity index (χ2v) is 7.60. The Bertz CT molecular complexity index is 564. The lowest BCUT2D eigenvalue weighted by Crippen LogP contribution is -2.47. The molecule has 164 valence electrons. The molecule has 0 aromatic heterocycles. The number of halogens is 4. The number of aliphatic hydroxyl groups is 2. The highest BCUT2D eigenvalue weighted by atomic mass is 35.5. The minimum absolute atomic E-state index is 0. The van der Waals surface area contributed by atoms with E-state index in [0.29, 0.717) is 17.9 Å². The quantitative estimate of drug-likeness (QED) is 0.434. The number of aliphatic hydroxyl groups excluding tert-OH is 2. The first kappa shape index (κ1) is 27.0. The van der Waals surface area contributed by atoms with Crippen molar-refractivity contribution in [2.75, 3.05) is 19.8 Å². The summed E-state index contributed by atoms with van der Waals surface area (Å²) >= 11 is 0. The lowest BCUT2D eigenvalue weighted by molar-refractivity contribution is -0.139. The maximum atomic E-state index is 13.4. The lowest BCUT2D eigenvalue weighted by Gasteiger charge is -2.24. The Kier molecular flexibility index (Phi) is 12.1. The third kappa shape index (κ3) is 9.45. The summed E-state index contributed by atoms with van der Waals surface area (Å²) < 4.78 is 45.5. The van der Waals surface area contributed by atoms with Gasteiger partial charge in [0.05, 0.1) is 30.9 Å². The van der Waals surface area contributed by atoms with Gasteiger partial charge in [0.25, 0.3) is 0 Å². The fourth-order valence-electron chi connectivity index (χ4n) is 2.69. The molecule has 28 heavy (non-hydrogen) atoms. The molecule has 0 saturated heterocycles. The second-order valence-electron chi connectivity index (χ2n) is 7.60. The minimum Gasteiger partial charge on any atom is -0.493 e. The van der Waals surface area contributed by atoms with Gasteiger partial charge in [-0.1, -0.05) is 39.2 Å². The fourth-order valence-corrected chi connectivity index (χ4v) is 2.69. The zero-order valence-electron chi connectivity index (χ0n) is 16.6. The maximum absolute atomic E-state index is 13.4. The molecule has 0 unspecified atom stereocenters. The summed E-state index contributed by atoms with van der Waals surface area (Å²) in [6.07, 6.45) is -0.331. The Labute approximate surface area is 171 Å². The molecular weight excluding hydrogens is 395 g/mol. The number of unbranched alkanes of at least 4 members (excludes halogenated alkanes) is 2. The minimum atomic E-state index is -4.52. The third-order valence-corrected chi connectivity index (χ3v) is 4.57. The maximum Gasteiger partial charge on any atom is 0.419 e. The zero-order chi connectivity index (χ0) is 20.5. The van der Waals surface area contributed by atoms with Crippen molar-refractivity contribution in [2.45, 2.75) is 64.1 Å². The van der Waals surface area contributed by atoms with Crippen molar-refractivity contribution >= 4 is 12.4 Å². The van der Waals surface area contributed by atoms with E-state index in [0.717, 1.165) is 25.3 Å².